The van der Waals surface area contributed by atoms with Gasteiger partial charge in [-0.2, -0.15) is 0 Å². The number of aromatic nitrogens is 3. The molecule has 0 unspecified atom stereocenters. The number of fused-ring (bicyclic) bond motifs is 1. The Morgan fingerprint density at radius 1 is 1.13 bits per heavy atom. The molecule has 0 radical (unpaired) electrons. The van der Waals surface area contributed by atoms with Gasteiger partial charge < -0.3 is 9.30 Å². The average Bonchev–Trinajstić information content (AvgIpc) is 3.40. The van der Waals surface area contributed by atoms with Crippen molar-refractivity contribution in [2.75, 3.05) is 18.1 Å². The van der Waals surface area contributed by atoms with Gasteiger partial charge in [-0.25, -0.2) is 9.97 Å². The molecule has 0 bridgehead atoms. The Balaban J connectivity index is 1.50. The Bertz CT molecular complexity index is 1120. The zero-order valence-corrected chi connectivity index (χ0v) is 17.9. The van der Waals surface area contributed by atoms with Crippen molar-refractivity contribution >= 4 is 32.6 Å². The Labute approximate surface area is 179 Å². The summed E-state index contributed by atoms with van der Waals surface area (Å²) in [6.07, 6.45) is 6.26. The van der Waals surface area contributed by atoms with Gasteiger partial charge in [0.1, 0.15) is 5.75 Å². The zero-order valence-electron chi connectivity index (χ0n) is 17.1. The maximum absolute atomic E-state index is 13.1. The summed E-state index contributed by atoms with van der Waals surface area (Å²) in [6.45, 7) is 5.40. The largest absolute Gasteiger partial charge is 0.484 e. The highest BCUT2D eigenvalue weighted by Gasteiger charge is 2.20. The van der Waals surface area contributed by atoms with Crippen molar-refractivity contribution in [2.24, 2.45) is 0 Å². The molecule has 1 amide bonds. The number of carbonyl (C=O) groups excluding carboxylic acids is 1. The molecule has 30 heavy (non-hydrogen) atoms. The van der Waals surface area contributed by atoms with E-state index >= 15 is 0 Å². The summed E-state index contributed by atoms with van der Waals surface area (Å²) in [4.78, 5) is 23.6. The second kappa shape index (κ2) is 9.09. The molecule has 0 fully saturated rings. The third kappa shape index (κ3) is 4.86. The minimum Gasteiger partial charge on any atom is -0.484 e. The van der Waals surface area contributed by atoms with Gasteiger partial charge in [-0.1, -0.05) is 35.1 Å². The van der Waals surface area contributed by atoms with E-state index in [1.807, 2.05) is 54.1 Å². The van der Waals surface area contributed by atoms with E-state index in [0.717, 1.165) is 28.7 Å². The maximum Gasteiger partial charge on any atom is 0.266 e. The van der Waals surface area contributed by atoms with E-state index in [-0.39, 0.29) is 12.5 Å². The minimum absolute atomic E-state index is 0.0247. The van der Waals surface area contributed by atoms with Gasteiger partial charge in [0.15, 0.2) is 11.7 Å². The second-order valence-corrected chi connectivity index (χ2v) is 8.28. The quantitative estimate of drug-likeness (QED) is 0.418. The van der Waals surface area contributed by atoms with Crippen LogP contribution in [0.2, 0.25) is 0 Å². The monoisotopic (exact) mass is 420 g/mol. The Hall–Kier alpha value is -3.19. The number of aryl methyl sites for hydroxylation is 3. The summed E-state index contributed by atoms with van der Waals surface area (Å²) in [5.41, 5.74) is 3.24. The van der Waals surface area contributed by atoms with Crippen LogP contribution in [-0.4, -0.2) is 33.6 Å². The number of thiazole rings is 1. The van der Waals surface area contributed by atoms with Gasteiger partial charge in [-0.05, 0) is 50.1 Å². The summed E-state index contributed by atoms with van der Waals surface area (Å²) in [5.74, 6) is 0.587. The van der Waals surface area contributed by atoms with Crippen LogP contribution in [0.1, 0.15) is 17.5 Å². The molecule has 2 heterocycles. The number of nitrogens with zero attached hydrogens (tertiary/aromatic N) is 4. The lowest BCUT2D eigenvalue weighted by molar-refractivity contribution is -0.120. The van der Waals surface area contributed by atoms with E-state index in [4.69, 9.17) is 9.72 Å². The molecule has 0 saturated heterocycles. The number of amides is 1. The molecule has 154 valence electrons. The molecule has 6 nitrogen and oxygen atoms in total. The first-order chi connectivity index (χ1) is 14.6. The van der Waals surface area contributed by atoms with E-state index in [9.17, 15) is 4.79 Å². The van der Waals surface area contributed by atoms with Crippen LogP contribution in [0.5, 0.6) is 5.75 Å². The summed E-state index contributed by atoms with van der Waals surface area (Å²) in [6, 6.07) is 13.8. The molecule has 0 aliphatic carbocycles. The zero-order chi connectivity index (χ0) is 20.9. The predicted octanol–water partition coefficient (Wildman–Crippen LogP) is 4.61. The van der Waals surface area contributed by atoms with Crippen LogP contribution in [0.15, 0.2) is 61.2 Å². The summed E-state index contributed by atoms with van der Waals surface area (Å²) in [5, 5.41) is 0.707. The number of imidazole rings is 1. The highest BCUT2D eigenvalue weighted by atomic mass is 32.1. The minimum atomic E-state index is -0.100. The first-order valence-electron chi connectivity index (χ1n) is 9.91. The highest BCUT2D eigenvalue weighted by molar-refractivity contribution is 7.22. The lowest BCUT2D eigenvalue weighted by Gasteiger charge is -2.20. The van der Waals surface area contributed by atoms with Crippen LogP contribution >= 0.6 is 11.3 Å². The molecule has 2 aromatic carbocycles. The number of hydrogen-bond donors (Lipinski definition) is 0. The van der Waals surface area contributed by atoms with Crippen LogP contribution in [0.4, 0.5) is 5.13 Å². The van der Waals surface area contributed by atoms with Gasteiger partial charge in [-0.15, -0.1) is 0 Å². The molecule has 7 heteroatoms. The van der Waals surface area contributed by atoms with Crippen LogP contribution in [0.3, 0.4) is 0 Å². The van der Waals surface area contributed by atoms with Crippen molar-refractivity contribution < 1.29 is 9.53 Å². The number of anilines is 1. The molecule has 0 atom stereocenters. The fraction of sp³-hybridized carbons (Fsp3) is 0.261. The third-order valence-electron chi connectivity index (χ3n) is 4.81. The van der Waals surface area contributed by atoms with Gasteiger partial charge in [0.25, 0.3) is 5.91 Å². The Morgan fingerprint density at radius 2 is 1.93 bits per heavy atom. The first-order valence-corrected chi connectivity index (χ1v) is 10.7. The molecule has 2 aromatic heterocycles. The van der Waals surface area contributed by atoms with Gasteiger partial charge in [0.2, 0.25) is 0 Å². The van der Waals surface area contributed by atoms with Crippen molar-refractivity contribution in [2.45, 2.75) is 26.8 Å². The van der Waals surface area contributed by atoms with Gasteiger partial charge in [0.05, 0.1) is 16.5 Å². The van der Waals surface area contributed by atoms with E-state index in [0.29, 0.717) is 17.4 Å². The molecular formula is C23H24N4O2S. The topological polar surface area (TPSA) is 60.2 Å². The van der Waals surface area contributed by atoms with Crippen LogP contribution in [0.25, 0.3) is 10.2 Å². The second-order valence-electron chi connectivity index (χ2n) is 7.27. The summed E-state index contributed by atoms with van der Waals surface area (Å²) < 4.78 is 8.83. The summed E-state index contributed by atoms with van der Waals surface area (Å²) >= 11 is 1.54. The Morgan fingerprint density at radius 3 is 2.70 bits per heavy atom. The molecule has 4 aromatic rings. The van der Waals surface area contributed by atoms with E-state index in [2.05, 4.69) is 18.0 Å². The number of hydrogen-bond acceptors (Lipinski definition) is 5. The number of rotatable bonds is 8. The maximum atomic E-state index is 13.1. The lowest BCUT2D eigenvalue weighted by Crippen LogP contribution is -2.36. The molecule has 0 aliphatic rings. The van der Waals surface area contributed by atoms with Gasteiger partial charge in [0, 0.05) is 25.5 Å². The molecule has 0 aliphatic heterocycles. The van der Waals surface area contributed by atoms with E-state index < -0.39 is 0 Å². The Kier molecular flexibility index (Phi) is 6.09. The van der Waals surface area contributed by atoms with Crippen molar-refractivity contribution in [1.29, 1.82) is 0 Å². The van der Waals surface area contributed by atoms with Crippen LogP contribution in [-0.2, 0) is 11.3 Å². The van der Waals surface area contributed by atoms with E-state index in [1.54, 1.807) is 17.4 Å². The molecule has 0 N–H and O–H groups in total. The smallest absolute Gasteiger partial charge is 0.266 e. The molecule has 4 rings (SSSR count). The van der Waals surface area contributed by atoms with Gasteiger partial charge >= 0.3 is 0 Å². The van der Waals surface area contributed by atoms with Crippen molar-refractivity contribution in [3.63, 3.8) is 0 Å². The normalized spacial score (nSPS) is 11.0. The number of benzene rings is 2. The SMILES string of the molecule is Cc1ccc(OCC(=O)N(CCCn2ccnc2)c2nc3ccc(C)cc3s2)cc1. The number of carbonyl (C=O) groups is 1. The molecular weight excluding hydrogens is 396 g/mol. The third-order valence-corrected chi connectivity index (χ3v) is 5.85. The fourth-order valence-electron chi connectivity index (χ4n) is 3.15. The summed E-state index contributed by atoms with van der Waals surface area (Å²) in [7, 11) is 0. The molecule has 0 spiro atoms. The van der Waals surface area contributed by atoms with Crippen LogP contribution < -0.4 is 9.64 Å². The lowest BCUT2D eigenvalue weighted by atomic mass is 10.2. The average molecular weight is 421 g/mol. The predicted molar refractivity (Wildman–Crippen MR) is 120 cm³/mol. The first kappa shape index (κ1) is 20.1. The number of ether oxygens (including phenoxy) is 1. The van der Waals surface area contributed by atoms with Gasteiger partial charge in [-0.3, -0.25) is 9.69 Å². The van der Waals surface area contributed by atoms with Crippen molar-refractivity contribution in [1.82, 2.24) is 14.5 Å². The highest BCUT2D eigenvalue weighted by Crippen LogP contribution is 2.30. The van der Waals surface area contributed by atoms with Crippen LogP contribution in [0, 0.1) is 13.8 Å². The standard InChI is InChI=1S/C23H24N4O2S/c1-17-4-7-19(8-5-17)29-15-22(28)27(12-3-11-26-13-10-24-16-26)23-25-20-9-6-18(2)14-21(20)30-23/h4-10,13-14,16H,3,11-12,15H2,1-2H3. The van der Waals surface area contributed by atoms with Crippen molar-refractivity contribution in [3.05, 3.63) is 72.3 Å². The van der Waals surface area contributed by atoms with E-state index in [1.165, 1.54) is 16.9 Å². The molecule has 0 saturated carbocycles. The van der Waals surface area contributed by atoms with Crippen molar-refractivity contribution in [3.8, 4) is 5.75 Å². The fourth-order valence-corrected chi connectivity index (χ4v) is 4.26.